The Bertz CT molecular complexity index is 954. The first-order valence-corrected chi connectivity index (χ1v) is 9.13. The quantitative estimate of drug-likeness (QED) is 0.597. The van der Waals surface area contributed by atoms with Gasteiger partial charge in [-0.25, -0.2) is 0 Å². The minimum atomic E-state index is -2.89. The van der Waals surface area contributed by atoms with Crippen molar-refractivity contribution in [1.82, 2.24) is 15.0 Å². The van der Waals surface area contributed by atoms with Crippen LogP contribution >= 0.6 is 11.6 Å². The second-order valence-corrected chi connectivity index (χ2v) is 6.70. The highest BCUT2D eigenvalue weighted by Gasteiger charge is 2.35. The molecule has 1 amide bonds. The topological polar surface area (TPSA) is 68.5 Å². The van der Waals surface area contributed by atoms with E-state index in [-0.39, 0.29) is 24.0 Å². The Hall–Kier alpha value is -3.00. The molecular weight excluding hydrogens is 404 g/mol. The number of alkyl halides is 2. The number of carbonyl (C=O) groups excluding carboxylic acids is 1. The fourth-order valence-corrected chi connectivity index (χ4v) is 2.88. The van der Waals surface area contributed by atoms with Crippen LogP contribution in [0.1, 0.15) is 25.2 Å². The molecule has 0 bridgehead atoms. The standard InChI is InChI=1S/C20H18ClF2N3O3/c1-3-15(21)7-4-12(2)26-11-14(10-17(26)27)19-24-18(25-29-19)13-5-8-16(9-6-13)28-20(22)23/h3-9,14,20H,2,10-11H2,1H3/b7-4-,15-3+. The number of nitrogens with zero attached hydrogens (tertiary/aromatic N) is 3. The van der Waals surface area contributed by atoms with Gasteiger partial charge in [0.05, 0.1) is 5.92 Å². The molecule has 0 saturated carbocycles. The van der Waals surface area contributed by atoms with Crippen LogP contribution in [0.25, 0.3) is 11.4 Å². The van der Waals surface area contributed by atoms with Crippen LogP contribution in [0, 0.1) is 0 Å². The fraction of sp³-hybridized carbons (Fsp3) is 0.250. The Morgan fingerprint density at radius 1 is 1.38 bits per heavy atom. The summed E-state index contributed by atoms with van der Waals surface area (Å²) >= 11 is 5.92. The molecule has 0 N–H and O–H groups in total. The summed E-state index contributed by atoms with van der Waals surface area (Å²) in [7, 11) is 0. The molecule has 1 aliphatic rings. The van der Waals surface area contributed by atoms with Crippen LogP contribution in [0.5, 0.6) is 5.75 Å². The van der Waals surface area contributed by atoms with Crippen molar-refractivity contribution in [3.8, 4) is 17.1 Å². The molecule has 0 spiro atoms. The zero-order valence-electron chi connectivity index (χ0n) is 15.5. The van der Waals surface area contributed by atoms with Crippen molar-refractivity contribution < 1.29 is 22.8 Å². The van der Waals surface area contributed by atoms with E-state index in [1.807, 2.05) is 0 Å². The van der Waals surface area contributed by atoms with Crippen LogP contribution in [-0.4, -0.2) is 34.1 Å². The second-order valence-electron chi connectivity index (χ2n) is 6.26. The van der Waals surface area contributed by atoms with E-state index in [1.54, 1.807) is 42.2 Å². The monoisotopic (exact) mass is 421 g/mol. The smallest absolute Gasteiger partial charge is 0.387 e. The highest BCUT2D eigenvalue weighted by atomic mass is 35.5. The zero-order chi connectivity index (χ0) is 21.0. The lowest BCUT2D eigenvalue weighted by Crippen LogP contribution is -2.22. The molecule has 6 nitrogen and oxygen atoms in total. The number of ether oxygens (including phenoxy) is 1. The number of allylic oxidation sites excluding steroid dienone is 4. The fourth-order valence-electron chi connectivity index (χ4n) is 2.82. The van der Waals surface area contributed by atoms with E-state index in [1.165, 1.54) is 12.1 Å². The van der Waals surface area contributed by atoms with Gasteiger partial charge >= 0.3 is 6.61 Å². The number of halogens is 3. The predicted octanol–water partition coefficient (Wildman–Crippen LogP) is 4.87. The molecule has 29 heavy (non-hydrogen) atoms. The largest absolute Gasteiger partial charge is 0.435 e. The molecular formula is C20H18ClF2N3O3. The SMILES string of the molecule is C=C(/C=C\C(Cl)=C/C)N1CC(c2nc(-c3ccc(OC(F)F)cc3)no2)CC1=O. The summed E-state index contributed by atoms with van der Waals surface area (Å²) < 4.78 is 34.1. The summed E-state index contributed by atoms with van der Waals surface area (Å²) in [5.41, 5.74) is 1.10. The molecule has 1 aliphatic heterocycles. The number of amides is 1. The molecule has 9 heteroatoms. The molecule has 1 saturated heterocycles. The zero-order valence-corrected chi connectivity index (χ0v) is 16.3. The molecule has 152 valence electrons. The van der Waals surface area contributed by atoms with Gasteiger partial charge in [-0.2, -0.15) is 13.8 Å². The number of carbonyl (C=O) groups is 1. The number of aromatic nitrogens is 2. The van der Waals surface area contributed by atoms with Crippen molar-refractivity contribution in [3.05, 3.63) is 65.7 Å². The lowest BCUT2D eigenvalue weighted by atomic mass is 10.1. The predicted molar refractivity (Wildman–Crippen MR) is 103 cm³/mol. The highest BCUT2D eigenvalue weighted by Crippen LogP contribution is 2.31. The van der Waals surface area contributed by atoms with Crippen molar-refractivity contribution >= 4 is 17.5 Å². The average Bonchev–Trinajstić information content (AvgIpc) is 3.33. The van der Waals surface area contributed by atoms with Crippen molar-refractivity contribution in [3.63, 3.8) is 0 Å². The van der Waals surface area contributed by atoms with E-state index in [0.717, 1.165) is 0 Å². The summed E-state index contributed by atoms with van der Waals surface area (Å²) in [6.45, 7) is 3.18. The van der Waals surface area contributed by atoms with Crippen LogP contribution in [0.4, 0.5) is 8.78 Å². The molecule has 1 unspecified atom stereocenters. The number of rotatable bonds is 7. The van der Waals surface area contributed by atoms with Crippen molar-refractivity contribution in [2.24, 2.45) is 0 Å². The molecule has 1 atom stereocenters. The molecule has 1 fully saturated rings. The number of hydrogen-bond donors (Lipinski definition) is 0. The van der Waals surface area contributed by atoms with Gasteiger partial charge in [-0.3, -0.25) is 4.79 Å². The van der Waals surface area contributed by atoms with E-state index in [9.17, 15) is 13.6 Å². The van der Waals surface area contributed by atoms with Gasteiger partial charge in [0.2, 0.25) is 17.6 Å². The van der Waals surface area contributed by atoms with Gasteiger partial charge in [0, 0.05) is 29.3 Å². The van der Waals surface area contributed by atoms with Crippen LogP contribution < -0.4 is 4.74 Å². The summed E-state index contributed by atoms with van der Waals surface area (Å²) in [5.74, 6) is 0.288. The maximum absolute atomic E-state index is 12.3. The van der Waals surface area contributed by atoms with Crippen molar-refractivity contribution in [2.45, 2.75) is 25.9 Å². The number of hydrogen-bond acceptors (Lipinski definition) is 5. The molecule has 1 aromatic heterocycles. The molecule has 2 aromatic rings. The summed E-state index contributed by atoms with van der Waals surface area (Å²) in [4.78, 5) is 18.2. The second kappa shape index (κ2) is 9.00. The molecule has 2 heterocycles. The average molecular weight is 422 g/mol. The van der Waals surface area contributed by atoms with E-state index >= 15 is 0 Å². The van der Waals surface area contributed by atoms with Gasteiger partial charge in [-0.05, 0) is 43.3 Å². The van der Waals surface area contributed by atoms with Gasteiger partial charge < -0.3 is 14.2 Å². The van der Waals surface area contributed by atoms with E-state index in [4.69, 9.17) is 16.1 Å². The molecule has 3 rings (SSSR count). The van der Waals surface area contributed by atoms with Crippen molar-refractivity contribution in [2.75, 3.05) is 6.54 Å². The minimum absolute atomic E-state index is 0.0362. The Morgan fingerprint density at radius 3 is 2.76 bits per heavy atom. The Balaban J connectivity index is 1.68. The Kier molecular flexibility index (Phi) is 6.43. The summed E-state index contributed by atoms with van der Waals surface area (Å²) in [6.07, 6.45) is 5.28. The molecule has 0 radical (unpaired) electrons. The highest BCUT2D eigenvalue weighted by molar-refractivity contribution is 6.31. The lowest BCUT2D eigenvalue weighted by Gasteiger charge is -2.15. The maximum Gasteiger partial charge on any atom is 0.387 e. The van der Waals surface area contributed by atoms with Gasteiger partial charge in [0.25, 0.3) is 0 Å². The lowest BCUT2D eigenvalue weighted by molar-refractivity contribution is -0.125. The number of benzene rings is 1. The first kappa shape index (κ1) is 20.7. The van der Waals surface area contributed by atoms with Gasteiger partial charge in [0.1, 0.15) is 5.75 Å². The van der Waals surface area contributed by atoms with E-state index in [2.05, 4.69) is 21.5 Å². The third kappa shape index (κ3) is 5.08. The van der Waals surface area contributed by atoms with Crippen LogP contribution in [0.2, 0.25) is 0 Å². The minimum Gasteiger partial charge on any atom is -0.435 e. The number of likely N-dealkylation sites (tertiary alicyclic amines) is 1. The van der Waals surface area contributed by atoms with Gasteiger partial charge in [0.15, 0.2) is 0 Å². The maximum atomic E-state index is 12.3. The summed E-state index contributed by atoms with van der Waals surface area (Å²) in [6, 6.07) is 5.89. The molecule has 1 aromatic carbocycles. The Labute approximate surface area is 171 Å². The normalized spacial score (nSPS) is 17.6. The third-order valence-corrected chi connectivity index (χ3v) is 4.66. The van der Waals surface area contributed by atoms with Crippen LogP contribution in [-0.2, 0) is 4.79 Å². The van der Waals surface area contributed by atoms with Crippen LogP contribution in [0.3, 0.4) is 0 Å². The third-order valence-electron chi connectivity index (χ3n) is 4.31. The van der Waals surface area contributed by atoms with Gasteiger partial charge in [-0.1, -0.05) is 29.4 Å². The van der Waals surface area contributed by atoms with Gasteiger partial charge in [-0.15, -0.1) is 0 Å². The van der Waals surface area contributed by atoms with Crippen LogP contribution in [0.15, 0.2) is 64.3 Å². The first-order chi connectivity index (χ1) is 13.9. The Morgan fingerprint density at radius 2 is 2.10 bits per heavy atom. The van der Waals surface area contributed by atoms with E-state index < -0.39 is 6.61 Å². The summed E-state index contributed by atoms with van der Waals surface area (Å²) in [5, 5.41) is 4.46. The first-order valence-electron chi connectivity index (χ1n) is 8.75. The molecule has 0 aliphatic carbocycles. The van der Waals surface area contributed by atoms with Crippen molar-refractivity contribution in [1.29, 1.82) is 0 Å². The van der Waals surface area contributed by atoms with E-state index in [0.29, 0.717) is 34.6 Å².